The Bertz CT molecular complexity index is 627. The van der Waals surface area contributed by atoms with Crippen LogP contribution in [0.15, 0.2) is 46.8 Å². The van der Waals surface area contributed by atoms with E-state index < -0.39 is 0 Å². The molecule has 0 aliphatic heterocycles. The third kappa shape index (κ3) is 6.76. The summed E-state index contributed by atoms with van der Waals surface area (Å²) in [5, 5.41) is 5.52. The maximum Gasteiger partial charge on any atom is 0.193 e. The van der Waals surface area contributed by atoms with E-state index in [0.29, 0.717) is 13.2 Å². The number of benzene rings is 1. The summed E-state index contributed by atoms with van der Waals surface area (Å²) in [5.74, 6) is 1.76. The maximum absolute atomic E-state index is 5.58. The molecule has 0 saturated heterocycles. The van der Waals surface area contributed by atoms with Gasteiger partial charge in [0.15, 0.2) is 5.96 Å². The zero-order chi connectivity index (χ0) is 17.9. The summed E-state index contributed by atoms with van der Waals surface area (Å²) in [5.41, 5.74) is 1.19. The standard InChI is InChI=1S/C19H27N3O2S/c1-20-19(22(2)11-10-18-5-4-14-25-18)21-15-16-6-8-17(9-7-16)24-13-12-23-3/h4-9,14H,10-13,15H2,1-3H3,(H,20,21). The van der Waals surface area contributed by atoms with E-state index in [-0.39, 0.29) is 0 Å². The summed E-state index contributed by atoms with van der Waals surface area (Å²) < 4.78 is 10.6. The van der Waals surface area contributed by atoms with E-state index in [1.165, 1.54) is 10.4 Å². The van der Waals surface area contributed by atoms with Crippen LogP contribution < -0.4 is 10.1 Å². The number of guanidine groups is 1. The van der Waals surface area contributed by atoms with Crippen molar-refractivity contribution in [1.29, 1.82) is 0 Å². The van der Waals surface area contributed by atoms with E-state index >= 15 is 0 Å². The molecule has 2 rings (SSSR count). The Kier molecular flexibility index (Phi) is 8.28. The Balaban J connectivity index is 1.77. The van der Waals surface area contributed by atoms with Crippen LogP contribution in [0.2, 0.25) is 0 Å². The summed E-state index contributed by atoms with van der Waals surface area (Å²) in [4.78, 5) is 7.92. The van der Waals surface area contributed by atoms with Crippen LogP contribution in [0.1, 0.15) is 10.4 Å². The SMILES string of the molecule is CN=C(NCc1ccc(OCCOC)cc1)N(C)CCc1cccs1. The molecular weight excluding hydrogens is 334 g/mol. The largest absolute Gasteiger partial charge is 0.491 e. The van der Waals surface area contributed by atoms with Gasteiger partial charge < -0.3 is 19.7 Å². The van der Waals surface area contributed by atoms with Gasteiger partial charge in [-0.2, -0.15) is 0 Å². The molecule has 0 atom stereocenters. The predicted molar refractivity (Wildman–Crippen MR) is 105 cm³/mol. The minimum atomic E-state index is 0.565. The number of thiophene rings is 1. The van der Waals surface area contributed by atoms with Gasteiger partial charge in [-0.1, -0.05) is 18.2 Å². The molecule has 0 aliphatic rings. The van der Waals surface area contributed by atoms with Gasteiger partial charge in [-0.05, 0) is 35.6 Å². The fourth-order valence-electron chi connectivity index (χ4n) is 2.35. The Morgan fingerprint density at radius 3 is 2.64 bits per heavy atom. The average molecular weight is 362 g/mol. The van der Waals surface area contributed by atoms with E-state index in [0.717, 1.165) is 31.2 Å². The Morgan fingerprint density at radius 2 is 2.00 bits per heavy atom. The molecule has 0 radical (unpaired) electrons. The molecule has 2 aromatic rings. The summed E-state index contributed by atoms with van der Waals surface area (Å²) in [6.45, 7) is 2.83. The molecule has 1 N–H and O–H groups in total. The predicted octanol–water partition coefficient (Wildman–Crippen LogP) is 3.02. The van der Waals surface area contributed by atoms with Gasteiger partial charge in [0.2, 0.25) is 0 Å². The van der Waals surface area contributed by atoms with Gasteiger partial charge in [0.25, 0.3) is 0 Å². The van der Waals surface area contributed by atoms with E-state index in [4.69, 9.17) is 9.47 Å². The molecule has 136 valence electrons. The smallest absolute Gasteiger partial charge is 0.193 e. The number of aliphatic imine (C=N–C) groups is 1. The van der Waals surface area contributed by atoms with Crippen molar-refractivity contribution in [2.45, 2.75) is 13.0 Å². The monoisotopic (exact) mass is 361 g/mol. The Labute approximate surface area is 154 Å². The van der Waals surface area contributed by atoms with Crippen LogP contribution in [0.3, 0.4) is 0 Å². The van der Waals surface area contributed by atoms with Crippen molar-refractivity contribution >= 4 is 17.3 Å². The fourth-order valence-corrected chi connectivity index (χ4v) is 3.05. The second kappa shape index (κ2) is 10.7. The third-order valence-corrected chi connectivity index (χ3v) is 4.71. The molecule has 5 nitrogen and oxygen atoms in total. The number of nitrogens with zero attached hydrogens (tertiary/aromatic N) is 2. The molecule has 0 aliphatic carbocycles. The number of likely N-dealkylation sites (N-methyl/N-ethyl adjacent to an activating group) is 1. The highest BCUT2D eigenvalue weighted by molar-refractivity contribution is 7.09. The van der Waals surface area contributed by atoms with E-state index in [1.54, 1.807) is 18.4 Å². The lowest BCUT2D eigenvalue weighted by Gasteiger charge is -2.22. The minimum Gasteiger partial charge on any atom is -0.491 e. The topological polar surface area (TPSA) is 46.1 Å². The minimum absolute atomic E-state index is 0.565. The molecule has 0 saturated carbocycles. The summed E-state index contributed by atoms with van der Waals surface area (Å²) in [7, 11) is 5.55. The first kappa shape index (κ1) is 19.3. The zero-order valence-corrected chi connectivity index (χ0v) is 16.0. The summed E-state index contributed by atoms with van der Waals surface area (Å²) >= 11 is 1.80. The van der Waals surface area contributed by atoms with Crippen molar-refractivity contribution in [1.82, 2.24) is 10.2 Å². The van der Waals surface area contributed by atoms with Crippen molar-refractivity contribution < 1.29 is 9.47 Å². The van der Waals surface area contributed by atoms with E-state index in [2.05, 4.69) is 51.9 Å². The zero-order valence-electron chi connectivity index (χ0n) is 15.2. The maximum atomic E-state index is 5.58. The number of nitrogens with one attached hydrogen (secondary N) is 1. The lowest BCUT2D eigenvalue weighted by atomic mass is 10.2. The number of hydrogen-bond acceptors (Lipinski definition) is 4. The normalized spacial score (nSPS) is 11.4. The first-order chi connectivity index (χ1) is 12.2. The Hall–Kier alpha value is -2.05. The van der Waals surface area contributed by atoms with Crippen LogP contribution >= 0.6 is 11.3 Å². The molecule has 6 heteroatoms. The van der Waals surface area contributed by atoms with Crippen molar-refractivity contribution in [3.05, 3.63) is 52.2 Å². The fraction of sp³-hybridized carbons (Fsp3) is 0.421. The quantitative estimate of drug-likeness (QED) is 0.424. The van der Waals surface area contributed by atoms with Crippen molar-refractivity contribution in [3.8, 4) is 5.75 Å². The van der Waals surface area contributed by atoms with Crippen LogP contribution in [0.5, 0.6) is 5.75 Å². The van der Waals surface area contributed by atoms with Gasteiger partial charge in [-0.15, -0.1) is 11.3 Å². The summed E-state index contributed by atoms with van der Waals surface area (Å²) in [6, 6.07) is 12.4. The highest BCUT2D eigenvalue weighted by Crippen LogP contribution is 2.12. The lowest BCUT2D eigenvalue weighted by Crippen LogP contribution is -2.39. The van der Waals surface area contributed by atoms with Crippen molar-refractivity contribution in [2.75, 3.05) is 41.0 Å². The first-order valence-electron chi connectivity index (χ1n) is 8.37. The van der Waals surface area contributed by atoms with Gasteiger partial charge >= 0.3 is 0 Å². The van der Waals surface area contributed by atoms with Crippen LogP contribution in [-0.2, 0) is 17.7 Å². The van der Waals surface area contributed by atoms with Crippen molar-refractivity contribution in [3.63, 3.8) is 0 Å². The van der Waals surface area contributed by atoms with Crippen LogP contribution in [-0.4, -0.2) is 51.8 Å². The average Bonchev–Trinajstić information content (AvgIpc) is 3.15. The van der Waals surface area contributed by atoms with E-state index in [9.17, 15) is 0 Å². The number of hydrogen-bond donors (Lipinski definition) is 1. The molecule has 0 amide bonds. The molecule has 0 spiro atoms. The molecule has 0 fully saturated rings. The van der Waals surface area contributed by atoms with Gasteiger partial charge in [0.05, 0.1) is 6.61 Å². The van der Waals surface area contributed by atoms with Gasteiger partial charge in [-0.3, -0.25) is 4.99 Å². The van der Waals surface area contributed by atoms with Crippen LogP contribution in [0, 0.1) is 0 Å². The lowest BCUT2D eigenvalue weighted by molar-refractivity contribution is 0.146. The first-order valence-corrected chi connectivity index (χ1v) is 9.25. The molecule has 1 aromatic heterocycles. The molecular formula is C19H27N3O2S. The van der Waals surface area contributed by atoms with Crippen LogP contribution in [0.4, 0.5) is 0 Å². The third-order valence-electron chi connectivity index (χ3n) is 3.78. The van der Waals surface area contributed by atoms with E-state index in [1.807, 2.05) is 19.2 Å². The van der Waals surface area contributed by atoms with Gasteiger partial charge in [-0.25, -0.2) is 0 Å². The van der Waals surface area contributed by atoms with Gasteiger partial charge in [0.1, 0.15) is 12.4 Å². The molecule has 1 heterocycles. The van der Waals surface area contributed by atoms with Gasteiger partial charge in [0, 0.05) is 39.2 Å². The summed E-state index contributed by atoms with van der Waals surface area (Å²) in [6.07, 6.45) is 1.03. The second-order valence-corrected chi connectivity index (χ2v) is 6.67. The molecule has 1 aromatic carbocycles. The second-order valence-electron chi connectivity index (χ2n) is 5.64. The highest BCUT2D eigenvalue weighted by atomic mass is 32.1. The van der Waals surface area contributed by atoms with Crippen LogP contribution in [0.25, 0.3) is 0 Å². The highest BCUT2D eigenvalue weighted by Gasteiger charge is 2.06. The molecule has 0 unspecified atom stereocenters. The Morgan fingerprint density at radius 1 is 1.20 bits per heavy atom. The number of methoxy groups -OCH3 is 1. The molecule has 25 heavy (non-hydrogen) atoms. The molecule has 0 bridgehead atoms. The number of rotatable bonds is 9. The van der Waals surface area contributed by atoms with Crippen molar-refractivity contribution in [2.24, 2.45) is 4.99 Å². The number of ether oxygens (including phenoxy) is 2.